The van der Waals surface area contributed by atoms with E-state index in [4.69, 9.17) is 15.7 Å². The molecule has 2 aromatic rings. The van der Waals surface area contributed by atoms with Crippen molar-refractivity contribution in [2.24, 2.45) is 0 Å². The van der Waals surface area contributed by atoms with Crippen LogP contribution < -0.4 is 15.8 Å². The first-order chi connectivity index (χ1) is 9.58. The number of nitriles is 1. The fraction of sp³-hybridized carbons (Fsp3) is 0.231. The van der Waals surface area contributed by atoms with E-state index in [1.54, 1.807) is 24.3 Å². The van der Waals surface area contributed by atoms with Crippen LogP contribution in [0.3, 0.4) is 0 Å². The van der Waals surface area contributed by atoms with E-state index in [0.717, 1.165) is 0 Å². The molecule has 7 heteroatoms. The Morgan fingerprint density at radius 3 is 2.70 bits per heavy atom. The summed E-state index contributed by atoms with van der Waals surface area (Å²) in [6.45, 7) is 3.72. The molecule has 1 aromatic carbocycles. The van der Waals surface area contributed by atoms with Gasteiger partial charge in [0.1, 0.15) is 6.07 Å². The molecule has 0 atom stereocenters. The number of aromatic nitrogens is 3. The number of rotatable bonds is 4. The van der Waals surface area contributed by atoms with E-state index in [1.807, 2.05) is 13.8 Å². The second kappa shape index (κ2) is 5.84. The number of hydrogen-bond donors (Lipinski definition) is 2. The molecule has 0 radical (unpaired) electrons. The molecule has 0 saturated heterocycles. The molecule has 2 rings (SSSR count). The molecule has 0 saturated carbocycles. The van der Waals surface area contributed by atoms with Gasteiger partial charge in [-0.3, -0.25) is 0 Å². The van der Waals surface area contributed by atoms with Gasteiger partial charge in [0.2, 0.25) is 11.9 Å². The fourth-order valence-electron chi connectivity index (χ4n) is 1.50. The Labute approximate surface area is 116 Å². The zero-order chi connectivity index (χ0) is 14.5. The molecule has 1 heterocycles. The zero-order valence-electron chi connectivity index (χ0n) is 11.2. The molecule has 0 spiro atoms. The first-order valence-electron chi connectivity index (χ1n) is 6.03. The third-order valence-electron chi connectivity index (χ3n) is 2.27. The monoisotopic (exact) mass is 270 g/mol. The summed E-state index contributed by atoms with van der Waals surface area (Å²) in [7, 11) is 0. The van der Waals surface area contributed by atoms with Gasteiger partial charge in [-0.15, -0.1) is 0 Å². The van der Waals surface area contributed by atoms with Gasteiger partial charge in [0.05, 0.1) is 17.4 Å². The number of benzene rings is 1. The third-order valence-corrected chi connectivity index (χ3v) is 2.27. The number of anilines is 3. The molecule has 3 N–H and O–H groups in total. The average molecular weight is 270 g/mol. The number of para-hydroxylation sites is 1. The summed E-state index contributed by atoms with van der Waals surface area (Å²) in [6.07, 6.45) is -0.0731. The number of nitrogens with zero attached hydrogens (tertiary/aromatic N) is 4. The largest absolute Gasteiger partial charge is 0.461 e. The predicted octanol–water partition coefficient (Wildman–Crippen LogP) is 1.86. The van der Waals surface area contributed by atoms with Gasteiger partial charge in [-0.2, -0.15) is 20.2 Å². The van der Waals surface area contributed by atoms with Gasteiger partial charge in [0.15, 0.2) is 0 Å². The molecule has 0 aliphatic carbocycles. The van der Waals surface area contributed by atoms with Crippen molar-refractivity contribution in [3.63, 3.8) is 0 Å². The van der Waals surface area contributed by atoms with Crippen molar-refractivity contribution >= 4 is 17.6 Å². The Balaban J connectivity index is 2.29. The summed E-state index contributed by atoms with van der Waals surface area (Å²) >= 11 is 0. The lowest BCUT2D eigenvalue weighted by Crippen LogP contribution is -2.12. The normalized spacial score (nSPS) is 10.1. The minimum Gasteiger partial charge on any atom is -0.461 e. The average Bonchev–Trinajstić information content (AvgIpc) is 2.37. The van der Waals surface area contributed by atoms with E-state index >= 15 is 0 Å². The van der Waals surface area contributed by atoms with Crippen LogP contribution in [0.1, 0.15) is 19.4 Å². The van der Waals surface area contributed by atoms with E-state index in [-0.39, 0.29) is 24.0 Å². The van der Waals surface area contributed by atoms with Crippen LogP contribution in [0.4, 0.5) is 17.6 Å². The quantitative estimate of drug-likeness (QED) is 0.872. The maximum Gasteiger partial charge on any atom is 0.323 e. The maximum atomic E-state index is 9.03. The van der Waals surface area contributed by atoms with Crippen LogP contribution in [0.15, 0.2) is 24.3 Å². The SMILES string of the molecule is CC(C)Oc1nc(N)nc(Nc2ccccc2C#N)n1. The lowest BCUT2D eigenvalue weighted by Gasteiger charge is -2.10. The van der Waals surface area contributed by atoms with Crippen molar-refractivity contribution in [1.29, 1.82) is 5.26 Å². The Bertz CT molecular complexity index is 650. The molecular weight excluding hydrogens is 256 g/mol. The minimum atomic E-state index is -0.0731. The van der Waals surface area contributed by atoms with E-state index in [9.17, 15) is 0 Å². The van der Waals surface area contributed by atoms with Crippen molar-refractivity contribution in [3.05, 3.63) is 29.8 Å². The second-order valence-electron chi connectivity index (χ2n) is 4.25. The molecule has 0 bridgehead atoms. The Kier molecular flexibility index (Phi) is 3.96. The van der Waals surface area contributed by atoms with Gasteiger partial charge in [-0.05, 0) is 26.0 Å². The summed E-state index contributed by atoms with van der Waals surface area (Å²) < 4.78 is 5.38. The molecule has 0 aliphatic heterocycles. The Hall–Kier alpha value is -2.88. The number of ether oxygens (including phenoxy) is 1. The molecule has 0 fully saturated rings. The summed E-state index contributed by atoms with van der Waals surface area (Å²) in [5.74, 6) is 0.281. The highest BCUT2D eigenvalue weighted by Gasteiger charge is 2.09. The first kappa shape index (κ1) is 13.5. The Morgan fingerprint density at radius 1 is 1.25 bits per heavy atom. The van der Waals surface area contributed by atoms with Gasteiger partial charge in [-0.1, -0.05) is 12.1 Å². The molecule has 20 heavy (non-hydrogen) atoms. The van der Waals surface area contributed by atoms with Crippen molar-refractivity contribution in [3.8, 4) is 12.1 Å². The van der Waals surface area contributed by atoms with Gasteiger partial charge in [0, 0.05) is 0 Å². The van der Waals surface area contributed by atoms with Crippen LogP contribution in [-0.2, 0) is 0 Å². The molecule has 7 nitrogen and oxygen atoms in total. The Morgan fingerprint density at radius 2 is 2.00 bits per heavy atom. The van der Waals surface area contributed by atoms with Gasteiger partial charge >= 0.3 is 6.01 Å². The highest BCUT2D eigenvalue weighted by atomic mass is 16.5. The van der Waals surface area contributed by atoms with Crippen molar-refractivity contribution < 1.29 is 4.74 Å². The maximum absolute atomic E-state index is 9.03. The molecule has 102 valence electrons. The van der Waals surface area contributed by atoms with Crippen LogP contribution in [0.2, 0.25) is 0 Å². The fourth-order valence-corrected chi connectivity index (χ4v) is 1.50. The highest BCUT2D eigenvalue weighted by molar-refractivity contribution is 5.63. The van der Waals surface area contributed by atoms with Crippen molar-refractivity contribution in [2.45, 2.75) is 20.0 Å². The number of nitrogen functional groups attached to an aromatic ring is 1. The zero-order valence-corrected chi connectivity index (χ0v) is 11.2. The van der Waals surface area contributed by atoms with E-state index in [0.29, 0.717) is 11.3 Å². The molecule has 0 amide bonds. The molecular formula is C13H14N6O. The van der Waals surface area contributed by atoms with E-state index in [1.165, 1.54) is 0 Å². The molecule has 0 aliphatic rings. The van der Waals surface area contributed by atoms with Gasteiger partial charge in [-0.25, -0.2) is 0 Å². The van der Waals surface area contributed by atoms with Crippen LogP contribution in [0.5, 0.6) is 6.01 Å². The van der Waals surface area contributed by atoms with Crippen LogP contribution in [-0.4, -0.2) is 21.1 Å². The minimum absolute atomic E-state index is 0.0487. The smallest absolute Gasteiger partial charge is 0.323 e. The first-order valence-corrected chi connectivity index (χ1v) is 6.03. The van der Waals surface area contributed by atoms with E-state index in [2.05, 4.69) is 26.3 Å². The van der Waals surface area contributed by atoms with Crippen LogP contribution in [0, 0.1) is 11.3 Å². The molecule has 0 unspecified atom stereocenters. The number of nitrogens with two attached hydrogens (primary N) is 1. The van der Waals surface area contributed by atoms with Gasteiger partial charge < -0.3 is 15.8 Å². The highest BCUT2D eigenvalue weighted by Crippen LogP contribution is 2.19. The number of hydrogen-bond acceptors (Lipinski definition) is 7. The summed E-state index contributed by atoms with van der Waals surface area (Å²) in [5.41, 5.74) is 6.69. The summed E-state index contributed by atoms with van der Waals surface area (Å²) in [6, 6.07) is 9.25. The standard InChI is InChI=1S/C13H14N6O/c1-8(2)20-13-18-11(15)17-12(19-13)16-10-6-4-3-5-9(10)7-14/h3-6,8H,1-2H3,(H3,15,16,17,18,19). The van der Waals surface area contributed by atoms with E-state index < -0.39 is 0 Å². The van der Waals surface area contributed by atoms with Crippen LogP contribution in [0.25, 0.3) is 0 Å². The predicted molar refractivity (Wildman–Crippen MR) is 74.4 cm³/mol. The second-order valence-corrected chi connectivity index (χ2v) is 4.25. The topological polar surface area (TPSA) is 110 Å². The lowest BCUT2D eigenvalue weighted by atomic mass is 10.2. The van der Waals surface area contributed by atoms with Gasteiger partial charge in [0.25, 0.3) is 0 Å². The number of nitrogens with one attached hydrogen (secondary N) is 1. The summed E-state index contributed by atoms with van der Waals surface area (Å²) in [5, 5.41) is 12.0. The molecule has 1 aromatic heterocycles. The van der Waals surface area contributed by atoms with Crippen molar-refractivity contribution in [1.82, 2.24) is 15.0 Å². The van der Waals surface area contributed by atoms with Crippen molar-refractivity contribution in [2.75, 3.05) is 11.1 Å². The van der Waals surface area contributed by atoms with Crippen LogP contribution >= 0.6 is 0 Å². The lowest BCUT2D eigenvalue weighted by molar-refractivity contribution is 0.222. The third kappa shape index (κ3) is 3.32. The summed E-state index contributed by atoms with van der Waals surface area (Å²) in [4.78, 5) is 12.0.